The zero-order valence-electron chi connectivity index (χ0n) is 16.5. The first-order valence-electron chi connectivity index (χ1n) is 8.68. The van der Waals surface area contributed by atoms with Crippen LogP contribution in [0.3, 0.4) is 0 Å². The average molecular weight is 415 g/mol. The molecule has 0 radical (unpaired) electrons. The molecule has 0 fully saturated rings. The molecule has 0 aliphatic heterocycles. The molecule has 8 heteroatoms. The first-order valence-corrected chi connectivity index (χ1v) is 9.50. The van der Waals surface area contributed by atoms with Gasteiger partial charge >= 0.3 is 6.36 Å². The Morgan fingerprint density at radius 1 is 1.04 bits per heavy atom. The van der Waals surface area contributed by atoms with E-state index in [4.69, 9.17) is 4.42 Å². The van der Waals surface area contributed by atoms with Crippen LogP contribution in [0, 0.1) is 10.6 Å². The van der Waals surface area contributed by atoms with Gasteiger partial charge < -0.3 is 14.4 Å². The van der Waals surface area contributed by atoms with Gasteiger partial charge in [-0.1, -0.05) is 32.5 Å². The third-order valence-corrected chi connectivity index (χ3v) is 4.61. The van der Waals surface area contributed by atoms with Gasteiger partial charge in [-0.15, -0.1) is 13.2 Å². The maximum atomic E-state index is 12.5. The van der Waals surface area contributed by atoms with Crippen molar-refractivity contribution in [2.75, 3.05) is 0 Å². The van der Waals surface area contributed by atoms with Crippen molar-refractivity contribution in [3.05, 3.63) is 47.4 Å². The van der Waals surface area contributed by atoms with Crippen molar-refractivity contribution in [3.8, 4) is 5.75 Å². The number of furan rings is 1. The second-order valence-electron chi connectivity index (χ2n) is 8.28. The Bertz CT molecular complexity index is 818. The van der Waals surface area contributed by atoms with Crippen molar-refractivity contribution in [1.29, 1.82) is 0 Å². The van der Waals surface area contributed by atoms with Crippen LogP contribution < -0.4 is 4.74 Å². The van der Waals surface area contributed by atoms with Crippen LogP contribution in [0.1, 0.15) is 46.8 Å². The van der Waals surface area contributed by atoms with Crippen LogP contribution in [0.4, 0.5) is 13.2 Å². The maximum Gasteiger partial charge on any atom is 0.573 e. The predicted octanol–water partition coefficient (Wildman–Crippen LogP) is 6.47. The highest BCUT2D eigenvalue weighted by Crippen LogP contribution is 2.32. The molecule has 0 unspecified atom stereocenters. The number of hydrogen-bond donors (Lipinski definition) is 0. The summed E-state index contributed by atoms with van der Waals surface area (Å²) in [5.41, 5.74) is -0.584. The Morgan fingerprint density at radius 2 is 1.64 bits per heavy atom. The van der Waals surface area contributed by atoms with Crippen molar-refractivity contribution in [3.63, 3.8) is 0 Å². The van der Waals surface area contributed by atoms with E-state index in [2.05, 4.69) is 25.5 Å². The molecule has 2 aromatic rings. The van der Waals surface area contributed by atoms with Crippen molar-refractivity contribution in [2.45, 2.75) is 62.9 Å². The second kappa shape index (κ2) is 8.11. The molecule has 2 rings (SSSR count). The lowest BCUT2D eigenvalue weighted by Crippen LogP contribution is -2.37. The highest BCUT2D eigenvalue weighted by atomic mass is 32.2. The number of rotatable bonds is 6. The molecular formula is C20H24F3NO3S. The van der Waals surface area contributed by atoms with E-state index in [-0.39, 0.29) is 11.2 Å². The number of benzene rings is 1. The minimum Gasteiger partial charge on any atom is -0.623 e. The summed E-state index contributed by atoms with van der Waals surface area (Å²) in [6.45, 7) is 10.00. The van der Waals surface area contributed by atoms with Crippen molar-refractivity contribution in [1.82, 2.24) is 0 Å². The van der Waals surface area contributed by atoms with E-state index in [1.165, 1.54) is 42.2 Å². The fourth-order valence-electron chi connectivity index (χ4n) is 2.95. The summed E-state index contributed by atoms with van der Waals surface area (Å²) in [4.78, 5) is 0.683. The molecule has 0 saturated heterocycles. The summed E-state index contributed by atoms with van der Waals surface area (Å²) in [5, 5.41) is 13.0. The summed E-state index contributed by atoms with van der Waals surface area (Å²) in [6.07, 6.45) is -2.60. The van der Waals surface area contributed by atoms with Crippen molar-refractivity contribution >= 4 is 18.0 Å². The van der Waals surface area contributed by atoms with Crippen LogP contribution in [0.2, 0.25) is 0 Å². The molecule has 0 N–H and O–H groups in total. The molecule has 0 atom stereocenters. The van der Waals surface area contributed by atoms with Crippen LogP contribution in [-0.4, -0.2) is 22.9 Å². The molecule has 1 aromatic heterocycles. The molecule has 0 aliphatic carbocycles. The molecule has 0 aliphatic rings. The summed E-state index contributed by atoms with van der Waals surface area (Å²) in [6, 6.07) is 8.87. The van der Waals surface area contributed by atoms with Gasteiger partial charge in [-0.05, 0) is 41.8 Å². The SMILES string of the molecule is CC(C)(C)CC(C)(C)[N+]([O-])=Cc1ccc(Sc2ccc(OC(F)(F)F)cc2)o1. The number of ether oxygens (including phenoxy) is 1. The van der Waals surface area contributed by atoms with Gasteiger partial charge in [-0.25, -0.2) is 4.74 Å². The van der Waals surface area contributed by atoms with E-state index >= 15 is 0 Å². The van der Waals surface area contributed by atoms with Gasteiger partial charge in [-0.3, -0.25) is 0 Å². The van der Waals surface area contributed by atoms with Gasteiger partial charge in [0.05, 0.1) is 0 Å². The molecule has 1 aromatic carbocycles. The Balaban J connectivity index is 2.06. The molecule has 0 spiro atoms. The van der Waals surface area contributed by atoms with Crippen molar-refractivity contribution < 1.29 is 27.1 Å². The number of hydroxylamine groups is 1. The van der Waals surface area contributed by atoms with Gasteiger partial charge in [-0.2, -0.15) is 0 Å². The van der Waals surface area contributed by atoms with E-state index in [1.54, 1.807) is 12.1 Å². The van der Waals surface area contributed by atoms with Gasteiger partial charge in [0.25, 0.3) is 0 Å². The normalized spacial score (nSPS) is 13.6. The molecule has 0 amide bonds. The topological polar surface area (TPSA) is 48.4 Å². The first-order chi connectivity index (χ1) is 12.7. The summed E-state index contributed by atoms with van der Waals surface area (Å²) < 4.78 is 47.0. The minimum atomic E-state index is -4.72. The maximum absolute atomic E-state index is 12.5. The van der Waals surface area contributed by atoms with Crippen LogP contribution in [0.5, 0.6) is 5.75 Å². The van der Waals surface area contributed by atoms with E-state index in [0.717, 1.165) is 4.74 Å². The van der Waals surface area contributed by atoms with Gasteiger partial charge in [0.15, 0.2) is 16.4 Å². The van der Waals surface area contributed by atoms with Crippen LogP contribution >= 0.6 is 11.8 Å². The number of nitrogens with zero attached hydrogens (tertiary/aromatic N) is 1. The summed E-state index contributed by atoms with van der Waals surface area (Å²) >= 11 is 1.24. The average Bonchev–Trinajstić information content (AvgIpc) is 2.92. The fraction of sp³-hybridized carbons (Fsp3) is 0.450. The van der Waals surface area contributed by atoms with Crippen LogP contribution in [-0.2, 0) is 0 Å². The van der Waals surface area contributed by atoms with E-state index in [9.17, 15) is 18.4 Å². The van der Waals surface area contributed by atoms with Crippen LogP contribution in [0.15, 0.2) is 50.8 Å². The largest absolute Gasteiger partial charge is 0.623 e. The van der Waals surface area contributed by atoms with E-state index in [0.29, 0.717) is 22.2 Å². The monoisotopic (exact) mass is 415 g/mol. The first kappa shape index (κ1) is 22.2. The van der Waals surface area contributed by atoms with Crippen LogP contribution in [0.25, 0.3) is 0 Å². The van der Waals surface area contributed by atoms with Gasteiger partial charge in [0.1, 0.15) is 5.75 Å². The number of alkyl halides is 3. The molecule has 28 heavy (non-hydrogen) atoms. The molecule has 154 valence electrons. The smallest absolute Gasteiger partial charge is 0.573 e. The standard InChI is InChI=1S/C20H24F3NO3S/c1-18(2,3)13-19(4,5)24(25)12-15-8-11-17(26-15)28-16-9-6-14(7-10-16)27-20(21,22)23/h6-12H,13H2,1-5H3. The highest BCUT2D eigenvalue weighted by Gasteiger charge is 2.32. The Morgan fingerprint density at radius 3 is 2.18 bits per heavy atom. The van der Waals surface area contributed by atoms with E-state index in [1.807, 2.05) is 13.8 Å². The molecule has 1 heterocycles. The van der Waals surface area contributed by atoms with Crippen molar-refractivity contribution in [2.24, 2.45) is 5.41 Å². The fourth-order valence-corrected chi connectivity index (χ4v) is 3.73. The molecule has 0 bridgehead atoms. The Labute approximate surface area is 167 Å². The third kappa shape index (κ3) is 7.14. The summed E-state index contributed by atoms with van der Waals surface area (Å²) in [5.74, 6) is 0.130. The zero-order valence-corrected chi connectivity index (χ0v) is 17.3. The number of halogens is 3. The lowest BCUT2D eigenvalue weighted by Gasteiger charge is -2.30. The van der Waals surface area contributed by atoms with E-state index < -0.39 is 11.9 Å². The minimum absolute atomic E-state index is 0.00612. The molecule has 4 nitrogen and oxygen atoms in total. The predicted molar refractivity (Wildman–Crippen MR) is 103 cm³/mol. The Hall–Kier alpha value is -2.09. The lowest BCUT2D eigenvalue weighted by atomic mass is 9.82. The van der Waals surface area contributed by atoms with Gasteiger partial charge in [0, 0.05) is 25.2 Å². The quantitative estimate of drug-likeness (QED) is 0.235. The summed E-state index contributed by atoms with van der Waals surface area (Å²) in [7, 11) is 0. The molecule has 0 saturated carbocycles. The van der Waals surface area contributed by atoms with Gasteiger partial charge in [0.2, 0.25) is 6.21 Å². The third-order valence-electron chi connectivity index (χ3n) is 3.68. The number of hydrogen-bond acceptors (Lipinski definition) is 4. The molecular weight excluding hydrogens is 391 g/mol. The lowest BCUT2D eigenvalue weighted by molar-refractivity contribution is -0.540. The zero-order chi connectivity index (χ0) is 21.2. The second-order valence-corrected chi connectivity index (χ2v) is 9.36. The highest BCUT2D eigenvalue weighted by molar-refractivity contribution is 7.99. The Kier molecular flexibility index (Phi) is 6.43.